The van der Waals surface area contributed by atoms with Crippen molar-refractivity contribution in [3.05, 3.63) is 29.8 Å². The number of nitrogens with two attached hydrogens (primary N) is 1. The van der Waals surface area contributed by atoms with Crippen molar-refractivity contribution in [2.75, 3.05) is 7.11 Å². The number of nitrogens with one attached hydrogen (secondary N) is 1. The number of ether oxygens (including phenoxy) is 1. The van der Waals surface area contributed by atoms with Gasteiger partial charge in [0, 0.05) is 18.9 Å². The van der Waals surface area contributed by atoms with Crippen LogP contribution in [0.4, 0.5) is 4.39 Å². The molecule has 1 aliphatic carbocycles. The van der Waals surface area contributed by atoms with E-state index in [0.29, 0.717) is 11.5 Å². The van der Waals surface area contributed by atoms with E-state index in [1.165, 1.54) is 25.5 Å². The molecule has 0 saturated heterocycles. The SMILES string of the molecule is COC(C1CCCCC1)C(NN)c1ccncc1F. The number of pyridine rings is 1. The van der Waals surface area contributed by atoms with Gasteiger partial charge in [-0.05, 0) is 24.8 Å². The van der Waals surface area contributed by atoms with Gasteiger partial charge in [0.05, 0.1) is 18.3 Å². The van der Waals surface area contributed by atoms with E-state index in [1.807, 2.05) is 0 Å². The molecule has 0 aliphatic heterocycles. The molecule has 4 nitrogen and oxygen atoms in total. The smallest absolute Gasteiger partial charge is 0.146 e. The van der Waals surface area contributed by atoms with Crippen LogP contribution in [0.25, 0.3) is 0 Å². The van der Waals surface area contributed by atoms with Gasteiger partial charge in [-0.25, -0.2) is 4.39 Å². The lowest BCUT2D eigenvalue weighted by Crippen LogP contribution is -2.42. The number of aromatic nitrogens is 1. The molecule has 1 fully saturated rings. The zero-order valence-corrected chi connectivity index (χ0v) is 11.3. The fraction of sp³-hybridized carbons (Fsp3) is 0.643. The molecule has 2 rings (SSSR count). The molecule has 1 saturated carbocycles. The van der Waals surface area contributed by atoms with Crippen molar-refractivity contribution in [2.24, 2.45) is 11.8 Å². The van der Waals surface area contributed by atoms with E-state index >= 15 is 0 Å². The third kappa shape index (κ3) is 3.29. The minimum Gasteiger partial charge on any atom is -0.379 e. The molecule has 0 bridgehead atoms. The van der Waals surface area contributed by atoms with Gasteiger partial charge in [0.15, 0.2) is 0 Å². The molecule has 2 atom stereocenters. The summed E-state index contributed by atoms with van der Waals surface area (Å²) in [6.45, 7) is 0. The quantitative estimate of drug-likeness (QED) is 0.635. The molecule has 0 radical (unpaired) electrons. The van der Waals surface area contributed by atoms with E-state index in [2.05, 4.69) is 10.4 Å². The summed E-state index contributed by atoms with van der Waals surface area (Å²) < 4.78 is 19.5. The second kappa shape index (κ2) is 6.93. The van der Waals surface area contributed by atoms with Crippen LogP contribution < -0.4 is 11.3 Å². The summed E-state index contributed by atoms with van der Waals surface area (Å²) in [7, 11) is 1.67. The zero-order valence-electron chi connectivity index (χ0n) is 11.3. The number of methoxy groups -OCH3 is 1. The summed E-state index contributed by atoms with van der Waals surface area (Å²) in [4.78, 5) is 3.77. The highest BCUT2D eigenvalue weighted by Crippen LogP contribution is 2.34. The number of nitrogens with zero attached hydrogens (tertiary/aromatic N) is 1. The average molecular weight is 267 g/mol. The predicted octanol–water partition coefficient (Wildman–Crippen LogP) is 2.32. The summed E-state index contributed by atoms with van der Waals surface area (Å²) >= 11 is 0. The van der Waals surface area contributed by atoms with Crippen LogP contribution in [0.2, 0.25) is 0 Å². The monoisotopic (exact) mass is 267 g/mol. The van der Waals surface area contributed by atoms with Gasteiger partial charge in [0.2, 0.25) is 0 Å². The van der Waals surface area contributed by atoms with Crippen molar-refractivity contribution in [1.82, 2.24) is 10.4 Å². The molecule has 1 aliphatic rings. The molecule has 2 unspecified atom stereocenters. The van der Waals surface area contributed by atoms with Gasteiger partial charge < -0.3 is 4.74 Å². The third-order valence-electron chi connectivity index (χ3n) is 4.03. The molecule has 106 valence electrons. The number of hydrazine groups is 1. The first-order chi connectivity index (χ1) is 9.27. The summed E-state index contributed by atoms with van der Waals surface area (Å²) in [5, 5.41) is 0. The van der Waals surface area contributed by atoms with Crippen LogP contribution in [0.3, 0.4) is 0 Å². The lowest BCUT2D eigenvalue weighted by Gasteiger charge is -2.34. The van der Waals surface area contributed by atoms with Crippen molar-refractivity contribution < 1.29 is 9.13 Å². The Kier molecular flexibility index (Phi) is 5.24. The summed E-state index contributed by atoms with van der Waals surface area (Å²) in [6, 6.07) is 1.32. The Labute approximate surface area is 113 Å². The topological polar surface area (TPSA) is 60.2 Å². The molecule has 1 aromatic rings. The molecular formula is C14H22FN3O. The minimum absolute atomic E-state index is 0.109. The molecule has 5 heteroatoms. The van der Waals surface area contributed by atoms with E-state index in [0.717, 1.165) is 12.8 Å². The zero-order chi connectivity index (χ0) is 13.7. The normalized spacial score (nSPS) is 20.2. The standard InChI is InChI=1S/C14H22FN3O/c1-19-14(10-5-3-2-4-6-10)13(18-16)11-7-8-17-9-12(11)15/h7-10,13-14,18H,2-6,16H2,1H3. The maximum atomic E-state index is 13.9. The Morgan fingerprint density at radius 2 is 2.16 bits per heavy atom. The number of rotatable bonds is 5. The number of hydrogen-bond acceptors (Lipinski definition) is 4. The van der Waals surface area contributed by atoms with Gasteiger partial charge in [0.25, 0.3) is 0 Å². The first-order valence-electron chi connectivity index (χ1n) is 6.86. The highest BCUT2D eigenvalue weighted by Gasteiger charge is 2.32. The van der Waals surface area contributed by atoms with Crippen molar-refractivity contribution in [3.63, 3.8) is 0 Å². The van der Waals surface area contributed by atoms with Crippen molar-refractivity contribution in [2.45, 2.75) is 44.2 Å². The lowest BCUT2D eigenvalue weighted by atomic mass is 9.81. The van der Waals surface area contributed by atoms with E-state index in [1.54, 1.807) is 19.4 Å². The summed E-state index contributed by atoms with van der Waals surface area (Å²) in [5.74, 6) is 5.72. The molecule has 3 N–H and O–H groups in total. The van der Waals surface area contributed by atoms with Crippen LogP contribution in [-0.2, 0) is 4.74 Å². The first kappa shape index (κ1) is 14.4. The van der Waals surface area contributed by atoms with Crippen molar-refractivity contribution in [3.8, 4) is 0 Å². The number of halogens is 1. The fourth-order valence-electron chi connectivity index (χ4n) is 3.06. The maximum absolute atomic E-state index is 13.9. The molecular weight excluding hydrogens is 245 g/mol. The Balaban J connectivity index is 2.20. The molecule has 19 heavy (non-hydrogen) atoms. The Hall–Kier alpha value is -1.04. The van der Waals surface area contributed by atoms with Gasteiger partial charge >= 0.3 is 0 Å². The van der Waals surface area contributed by atoms with Crippen LogP contribution in [0.1, 0.15) is 43.7 Å². The van der Waals surface area contributed by atoms with Crippen LogP contribution >= 0.6 is 0 Å². The Bertz CT molecular complexity index is 396. The van der Waals surface area contributed by atoms with Gasteiger partial charge in [-0.3, -0.25) is 16.3 Å². The highest BCUT2D eigenvalue weighted by atomic mass is 19.1. The van der Waals surface area contributed by atoms with Gasteiger partial charge in [-0.1, -0.05) is 19.3 Å². The van der Waals surface area contributed by atoms with Crippen LogP contribution in [0, 0.1) is 11.7 Å². The van der Waals surface area contributed by atoms with E-state index in [4.69, 9.17) is 10.6 Å². The van der Waals surface area contributed by atoms with Crippen LogP contribution in [0.5, 0.6) is 0 Å². The number of hydrogen-bond donors (Lipinski definition) is 2. The molecule has 1 heterocycles. The van der Waals surface area contributed by atoms with Crippen molar-refractivity contribution in [1.29, 1.82) is 0 Å². The van der Waals surface area contributed by atoms with Crippen molar-refractivity contribution >= 4 is 0 Å². The van der Waals surface area contributed by atoms with Crippen LogP contribution in [-0.4, -0.2) is 18.2 Å². The van der Waals surface area contributed by atoms with Crippen LogP contribution in [0.15, 0.2) is 18.5 Å². The maximum Gasteiger partial charge on any atom is 0.146 e. The fourth-order valence-corrected chi connectivity index (χ4v) is 3.06. The molecule has 1 aromatic heterocycles. The van der Waals surface area contributed by atoms with E-state index in [9.17, 15) is 4.39 Å². The average Bonchev–Trinajstić information content (AvgIpc) is 2.46. The second-order valence-electron chi connectivity index (χ2n) is 5.14. The van der Waals surface area contributed by atoms with E-state index in [-0.39, 0.29) is 18.0 Å². The largest absolute Gasteiger partial charge is 0.379 e. The Morgan fingerprint density at radius 3 is 2.74 bits per heavy atom. The lowest BCUT2D eigenvalue weighted by molar-refractivity contribution is 0.00662. The Morgan fingerprint density at radius 1 is 1.42 bits per heavy atom. The predicted molar refractivity (Wildman–Crippen MR) is 71.6 cm³/mol. The summed E-state index contributed by atoms with van der Waals surface area (Å²) in [6.07, 6.45) is 8.61. The third-order valence-corrected chi connectivity index (χ3v) is 4.03. The first-order valence-corrected chi connectivity index (χ1v) is 6.86. The highest BCUT2D eigenvalue weighted by molar-refractivity contribution is 5.19. The molecule has 0 aromatic carbocycles. The van der Waals surface area contributed by atoms with E-state index < -0.39 is 0 Å². The molecule has 0 amide bonds. The second-order valence-corrected chi connectivity index (χ2v) is 5.14. The van der Waals surface area contributed by atoms with Gasteiger partial charge in [-0.15, -0.1) is 0 Å². The van der Waals surface area contributed by atoms with Gasteiger partial charge in [-0.2, -0.15) is 0 Å². The summed E-state index contributed by atoms with van der Waals surface area (Å²) in [5.41, 5.74) is 3.24. The molecule has 0 spiro atoms. The van der Waals surface area contributed by atoms with Gasteiger partial charge in [0.1, 0.15) is 5.82 Å². The minimum atomic E-state index is -0.344.